The van der Waals surface area contributed by atoms with Crippen LogP contribution >= 0.6 is 0 Å². The molecule has 0 aromatic heterocycles. The molecule has 1 fully saturated rings. The van der Waals surface area contributed by atoms with Gasteiger partial charge >= 0.3 is 5.98 Å². The van der Waals surface area contributed by atoms with Gasteiger partial charge in [0.05, 0.1) is 0 Å². The van der Waals surface area contributed by atoms with Crippen LogP contribution in [0.5, 0.6) is 0 Å². The lowest BCUT2D eigenvalue weighted by molar-refractivity contribution is 0.127. The number of hydrogen-bond acceptors (Lipinski definition) is 2. The molecular formula is C8H16FNO. The number of unbranched alkanes of at least 4 members (excludes halogenated alkanes) is 1. The smallest absolute Gasteiger partial charge is 0.237 e. The number of rotatable bonds is 5. The van der Waals surface area contributed by atoms with E-state index in [0.717, 1.165) is 25.8 Å². The van der Waals surface area contributed by atoms with Crippen molar-refractivity contribution in [2.45, 2.75) is 45.5 Å². The third kappa shape index (κ3) is 2.14. The SMILES string of the molecule is CCCCN1O[C@@]1(F)CCC. The van der Waals surface area contributed by atoms with Gasteiger partial charge in [0.25, 0.3) is 0 Å². The van der Waals surface area contributed by atoms with Crippen LogP contribution in [0.1, 0.15) is 39.5 Å². The van der Waals surface area contributed by atoms with Gasteiger partial charge in [-0.05, 0) is 12.8 Å². The van der Waals surface area contributed by atoms with E-state index in [2.05, 4.69) is 6.92 Å². The van der Waals surface area contributed by atoms with E-state index in [9.17, 15) is 4.39 Å². The van der Waals surface area contributed by atoms with E-state index in [1.807, 2.05) is 6.92 Å². The van der Waals surface area contributed by atoms with E-state index in [4.69, 9.17) is 4.84 Å². The highest BCUT2D eigenvalue weighted by molar-refractivity contribution is 4.74. The Balaban J connectivity index is 2.12. The molecule has 0 spiro atoms. The van der Waals surface area contributed by atoms with E-state index in [-0.39, 0.29) is 0 Å². The van der Waals surface area contributed by atoms with Gasteiger partial charge < -0.3 is 0 Å². The first kappa shape index (κ1) is 8.94. The summed E-state index contributed by atoms with van der Waals surface area (Å²) in [7, 11) is 0. The molecule has 1 aliphatic heterocycles. The van der Waals surface area contributed by atoms with Crippen LogP contribution in [0.4, 0.5) is 4.39 Å². The standard InChI is InChI=1S/C8H16FNO/c1-3-5-7-10-8(9,11-10)6-4-2/h3-7H2,1-2H3/t8-,10?/m1/s1. The first-order valence-corrected chi connectivity index (χ1v) is 4.38. The zero-order valence-corrected chi connectivity index (χ0v) is 7.27. The Bertz CT molecular complexity index is 131. The Labute approximate surface area is 67.3 Å². The fourth-order valence-electron chi connectivity index (χ4n) is 1.14. The van der Waals surface area contributed by atoms with Crippen molar-refractivity contribution in [1.82, 2.24) is 5.06 Å². The summed E-state index contributed by atoms with van der Waals surface area (Å²) in [6, 6.07) is 0. The van der Waals surface area contributed by atoms with Gasteiger partial charge in [0.1, 0.15) is 0 Å². The quantitative estimate of drug-likeness (QED) is 0.454. The molecule has 0 aromatic rings. The molecule has 0 radical (unpaired) electrons. The van der Waals surface area contributed by atoms with Crippen molar-refractivity contribution in [2.24, 2.45) is 0 Å². The molecule has 0 N–H and O–H groups in total. The van der Waals surface area contributed by atoms with Crippen LogP contribution in [0.2, 0.25) is 0 Å². The van der Waals surface area contributed by atoms with E-state index in [1.165, 1.54) is 5.06 Å². The maximum absolute atomic E-state index is 13.2. The molecule has 0 aliphatic carbocycles. The number of alkyl halides is 1. The molecule has 2 atom stereocenters. The van der Waals surface area contributed by atoms with Gasteiger partial charge in [0, 0.05) is 13.0 Å². The molecule has 1 saturated heterocycles. The van der Waals surface area contributed by atoms with Crippen molar-refractivity contribution >= 4 is 0 Å². The van der Waals surface area contributed by atoms with Crippen LogP contribution in [0, 0.1) is 0 Å². The number of hydrogen-bond donors (Lipinski definition) is 0. The predicted octanol–water partition coefficient (Wildman–Crippen LogP) is 2.46. The lowest BCUT2D eigenvalue weighted by atomic mass is 10.3. The van der Waals surface area contributed by atoms with Crippen molar-refractivity contribution in [2.75, 3.05) is 6.54 Å². The largest absolute Gasteiger partial charge is 0.306 e. The minimum absolute atomic E-state index is 0.497. The third-order valence-electron chi connectivity index (χ3n) is 1.86. The first-order chi connectivity index (χ1) is 5.23. The summed E-state index contributed by atoms with van der Waals surface area (Å²) >= 11 is 0. The molecule has 0 bridgehead atoms. The summed E-state index contributed by atoms with van der Waals surface area (Å²) in [4.78, 5) is 4.81. The van der Waals surface area contributed by atoms with Crippen molar-refractivity contribution in [1.29, 1.82) is 0 Å². The molecule has 3 heteroatoms. The Morgan fingerprint density at radius 1 is 1.36 bits per heavy atom. The highest BCUT2D eigenvalue weighted by Crippen LogP contribution is 2.40. The lowest BCUT2D eigenvalue weighted by Gasteiger charge is -1.98. The van der Waals surface area contributed by atoms with Crippen LogP contribution in [0.15, 0.2) is 0 Å². The maximum atomic E-state index is 13.2. The summed E-state index contributed by atoms with van der Waals surface area (Å²) in [6.07, 6.45) is 3.42. The van der Waals surface area contributed by atoms with Crippen molar-refractivity contribution < 1.29 is 9.23 Å². The van der Waals surface area contributed by atoms with Crippen molar-refractivity contribution in [3.8, 4) is 0 Å². The second-order valence-corrected chi connectivity index (χ2v) is 2.99. The normalized spacial score (nSPS) is 35.7. The molecule has 11 heavy (non-hydrogen) atoms. The molecule has 1 aliphatic rings. The van der Waals surface area contributed by atoms with E-state index in [1.54, 1.807) is 0 Å². The molecule has 1 unspecified atom stereocenters. The molecular weight excluding hydrogens is 145 g/mol. The second kappa shape index (κ2) is 3.50. The van der Waals surface area contributed by atoms with Crippen LogP contribution in [-0.2, 0) is 4.84 Å². The van der Waals surface area contributed by atoms with Gasteiger partial charge in [-0.1, -0.05) is 20.3 Å². The molecule has 1 heterocycles. The number of halogens is 1. The van der Waals surface area contributed by atoms with Gasteiger partial charge in [0.2, 0.25) is 0 Å². The fourth-order valence-corrected chi connectivity index (χ4v) is 1.14. The minimum Gasteiger partial charge on any atom is -0.237 e. The Hall–Kier alpha value is -0.150. The molecule has 0 aromatic carbocycles. The van der Waals surface area contributed by atoms with Gasteiger partial charge in [-0.15, -0.1) is 5.06 Å². The average Bonchev–Trinajstić information content (AvgIpc) is 2.58. The Morgan fingerprint density at radius 2 is 2.09 bits per heavy atom. The minimum atomic E-state index is -1.40. The third-order valence-corrected chi connectivity index (χ3v) is 1.86. The summed E-state index contributed by atoms with van der Waals surface area (Å²) in [5, 5.41) is 1.44. The topological polar surface area (TPSA) is 15.5 Å². The van der Waals surface area contributed by atoms with Gasteiger partial charge in [-0.25, -0.2) is 4.84 Å². The van der Waals surface area contributed by atoms with Crippen LogP contribution in [-0.4, -0.2) is 17.6 Å². The fraction of sp³-hybridized carbons (Fsp3) is 1.00. The zero-order chi connectivity index (χ0) is 8.32. The highest BCUT2D eigenvalue weighted by atomic mass is 19.2. The molecule has 0 saturated carbocycles. The summed E-state index contributed by atoms with van der Waals surface area (Å²) < 4.78 is 13.2. The van der Waals surface area contributed by atoms with Gasteiger partial charge in [0.15, 0.2) is 0 Å². The predicted molar refractivity (Wildman–Crippen MR) is 41.4 cm³/mol. The van der Waals surface area contributed by atoms with Crippen molar-refractivity contribution in [3.05, 3.63) is 0 Å². The van der Waals surface area contributed by atoms with Gasteiger partial charge in [-0.2, -0.15) is 4.39 Å². The number of hydroxylamine groups is 2. The van der Waals surface area contributed by atoms with Crippen LogP contribution in [0.3, 0.4) is 0 Å². The van der Waals surface area contributed by atoms with E-state index < -0.39 is 5.98 Å². The average molecular weight is 161 g/mol. The van der Waals surface area contributed by atoms with Crippen LogP contribution in [0.25, 0.3) is 0 Å². The highest BCUT2D eigenvalue weighted by Gasteiger charge is 2.54. The molecule has 2 nitrogen and oxygen atoms in total. The summed E-state index contributed by atoms with van der Waals surface area (Å²) in [5.74, 6) is -1.40. The van der Waals surface area contributed by atoms with E-state index >= 15 is 0 Å². The first-order valence-electron chi connectivity index (χ1n) is 4.38. The maximum Gasteiger partial charge on any atom is 0.306 e. The monoisotopic (exact) mass is 161 g/mol. The van der Waals surface area contributed by atoms with Gasteiger partial charge in [-0.3, -0.25) is 0 Å². The lowest BCUT2D eigenvalue weighted by Crippen LogP contribution is -2.12. The summed E-state index contributed by atoms with van der Waals surface area (Å²) in [5.41, 5.74) is 0. The molecule has 0 amide bonds. The van der Waals surface area contributed by atoms with Crippen molar-refractivity contribution in [3.63, 3.8) is 0 Å². The molecule has 66 valence electrons. The Kier molecular flexibility index (Phi) is 2.84. The Morgan fingerprint density at radius 3 is 2.64 bits per heavy atom. The zero-order valence-electron chi connectivity index (χ0n) is 7.27. The molecule has 1 rings (SSSR count). The number of nitrogens with zero attached hydrogens (tertiary/aromatic N) is 1. The summed E-state index contributed by atoms with van der Waals surface area (Å²) in [6.45, 7) is 4.78. The van der Waals surface area contributed by atoms with Crippen LogP contribution < -0.4 is 0 Å². The van der Waals surface area contributed by atoms with E-state index in [0.29, 0.717) is 6.42 Å². The second-order valence-electron chi connectivity index (χ2n) is 2.99.